The van der Waals surface area contributed by atoms with E-state index in [1.807, 2.05) is 6.07 Å². The van der Waals surface area contributed by atoms with Crippen molar-refractivity contribution in [2.24, 2.45) is 0 Å². The monoisotopic (exact) mass is 549 g/mol. The van der Waals surface area contributed by atoms with Crippen molar-refractivity contribution in [2.75, 3.05) is 18.5 Å². The summed E-state index contributed by atoms with van der Waals surface area (Å²) in [4.78, 5) is 35.1. The maximum Gasteiger partial charge on any atom is 0.338 e. The third-order valence-corrected chi connectivity index (χ3v) is 5.45. The number of nitrogens with zero attached hydrogens (tertiary/aromatic N) is 2. The van der Waals surface area contributed by atoms with Gasteiger partial charge in [0.1, 0.15) is 18.2 Å². The van der Waals surface area contributed by atoms with Crippen LogP contribution in [0.3, 0.4) is 0 Å². The molecule has 11 heteroatoms. The van der Waals surface area contributed by atoms with Crippen LogP contribution in [0.4, 0.5) is 11.4 Å². The smallest absolute Gasteiger partial charge is 0.338 e. The molecule has 10 nitrogen and oxygen atoms in total. The number of hydrogen-bond acceptors (Lipinski definition) is 8. The first-order valence-corrected chi connectivity index (χ1v) is 12.2. The minimum Gasteiger partial charge on any atom is -0.490 e. The first-order chi connectivity index (χ1) is 18.7. The van der Waals surface area contributed by atoms with E-state index in [2.05, 4.69) is 5.32 Å². The molecule has 0 atom stereocenters. The van der Waals surface area contributed by atoms with Crippen molar-refractivity contribution in [3.05, 3.63) is 98.1 Å². The normalized spacial score (nSPS) is 10.8. The fraction of sp³-hybridized carbons (Fsp3) is 0.179. The second-order valence-corrected chi connectivity index (χ2v) is 8.31. The Morgan fingerprint density at radius 3 is 2.46 bits per heavy atom. The van der Waals surface area contributed by atoms with E-state index >= 15 is 0 Å². The van der Waals surface area contributed by atoms with E-state index in [4.69, 9.17) is 25.8 Å². The summed E-state index contributed by atoms with van der Waals surface area (Å²) in [7, 11) is 0. The lowest BCUT2D eigenvalue weighted by atomic mass is 10.1. The molecule has 0 aliphatic carbocycles. The number of nitro groups is 1. The van der Waals surface area contributed by atoms with E-state index in [1.165, 1.54) is 48.5 Å². The second-order valence-electron chi connectivity index (χ2n) is 7.90. The molecular formula is C28H24ClN3O7. The summed E-state index contributed by atoms with van der Waals surface area (Å²) in [5.41, 5.74) is 1.42. The number of non-ortho nitro benzene ring substituents is 1. The van der Waals surface area contributed by atoms with E-state index < -0.39 is 16.8 Å². The highest BCUT2D eigenvalue weighted by atomic mass is 35.5. The fourth-order valence-corrected chi connectivity index (χ4v) is 3.68. The maximum atomic E-state index is 12.7. The first-order valence-electron chi connectivity index (χ1n) is 11.8. The Labute approximate surface area is 229 Å². The number of anilines is 1. The molecule has 3 rings (SSSR count). The molecule has 0 bridgehead atoms. The number of nitro benzene ring substituents is 1. The van der Waals surface area contributed by atoms with Crippen LogP contribution in [0.2, 0.25) is 5.02 Å². The number of esters is 1. The quantitative estimate of drug-likeness (QED) is 0.102. The summed E-state index contributed by atoms with van der Waals surface area (Å²) in [6, 6.07) is 17.0. The van der Waals surface area contributed by atoms with Crippen LogP contribution in [-0.2, 0) is 16.1 Å². The van der Waals surface area contributed by atoms with Crippen LogP contribution >= 0.6 is 11.6 Å². The molecule has 0 fully saturated rings. The molecule has 0 spiro atoms. The third-order valence-electron chi connectivity index (χ3n) is 5.17. The van der Waals surface area contributed by atoms with Crippen molar-refractivity contribution in [3.8, 4) is 17.6 Å². The number of amides is 1. The number of carbonyl (C=O) groups excluding carboxylic acids is 2. The molecule has 1 amide bonds. The predicted octanol–water partition coefficient (Wildman–Crippen LogP) is 5.95. The molecule has 0 heterocycles. The molecule has 0 saturated heterocycles. The van der Waals surface area contributed by atoms with Gasteiger partial charge in [-0.15, -0.1) is 0 Å². The minimum atomic E-state index is -0.665. The number of carbonyl (C=O) groups is 2. The van der Waals surface area contributed by atoms with E-state index in [1.54, 1.807) is 32.0 Å². The van der Waals surface area contributed by atoms with E-state index in [-0.39, 0.29) is 47.6 Å². The van der Waals surface area contributed by atoms with E-state index in [0.29, 0.717) is 22.4 Å². The Balaban J connectivity index is 1.79. The summed E-state index contributed by atoms with van der Waals surface area (Å²) < 4.78 is 16.4. The molecule has 3 aromatic carbocycles. The molecule has 200 valence electrons. The van der Waals surface area contributed by atoms with Gasteiger partial charge in [0.25, 0.3) is 11.6 Å². The zero-order chi connectivity index (χ0) is 28.4. The number of benzene rings is 3. The molecular weight excluding hydrogens is 526 g/mol. The molecule has 0 saturated carbocycles. The van der Waals surface area contributed by atoms with Crippen molar-refractivity contribution < 1.29 is 28.7 Å². The Morgan fingerprint density at radius 2 is 1.82 bits per heavy atom. The molecule has 0 radical (unpaired) electrons. The molecule has 0 aliphatic heterocycles. The van der Waals surface area contributed by atoms with Gasteiger partial charge < -0.3 is 19.5 Å². The number of nitriles is 1. The Kier molecular flexibility index (Phi) is 10.0. The van der Waals surface area contributed by atoms with Crippen molar-refractivity contribution >= 4 is 40.9 Å². The Morgan fingerprint density at radius 1 is 1.08 bits per heavy atom. The van der Waals surface area contributed by atoms with Gasteiger partial charge in [0.15, 0.2) is 11.5 Å². The van der Waals surface area contributed by atoms with Crippen LogP contribution in [0, 0.1) is 21.4 Å². The standard InChI is InChI=1S/C28H24ClN3O7/c1-3-37-25-15-19(14-24(29)26(25)39-17-18-6-5-7-23(13-18)32(35)36)12-21(16-30)27(33)31-22-10-8-20(9-11-22)28(34)38-4-2/h5-15H,3-4,17H2,1-2H3,(H,31,33)/b21-12+. The van der Waals surface area contributed by atoms with Gasteiger partial charge in [-0.25, -0.2) is 4.79 Å². The highest BCUT2D eigenvalue weighted by Crippen LogP contribution is 2.38. The van der Waals surface area contributed by atoms with Gasteiger partial charge in [0.05, 0.1) is 28.7 Å². The molecule has 1 N–H and O–H groups in total. The number of halogens is 1. The molecule has 0 unspecified atom stereocenters. The van der Waals surface area contributed by atoms with Gasteiger partial charge in [0.2, 0.25) is 0 Å². The number of rotatable bonds is 11. The van der Waals surface area contributed by atoms with Gasteiger partial charge in [-0.3, -0.25) is 14.9 Å². The summed E-state index contributed by atoms with van der Waals surface area (Å²) in [5, 5.41) is 23.4. The van der Waals surface area contributed by atoms with Crippen LogP contribution in [0.25, 0.3) is 6.08 Å². The summed E-state index contributed by atoms with van der Waals surface area (Å²) >= 11 is 6.45. The van der Waals surface area contributed by atoms with Crippen molar-refractivity contribution in [2.45, 2.75) is 20.5 Å². The minimum absolute atomic E-state index is 0.00251. The highest BCUT2D eigenvalue weighted by molar-refractivity contribution is 6.32. The Bertz CT molecular complexity index is 1450. The van der Waals surface area contributed by atoms with Gasteiger partial charge in [-0.1, -0.05) is 23.7 Å². The predicted molar refractivity (Wildman–Crippen MR) is 145 cm³/mol. The van der Waals surface area contributed by atoms with Gasteiger partial charge in [0, 0.05) is 17.8 Å². The molecule has 0 aromatic heterocycles. The van der Waals surface area contributed by atoms with Crippen LogP contribution < -0.4 is 14.8 Å². The van der Waals surface area contributed by atoms with E-state index in [9.17, 15) is 25.0 Å². The van der Waals surface area contributed by atoms with Gasteiger partial charge in [-0.2, -0.15) is 5.26 Å². The molecule has 3 aromatic rings. The summed E-state index contributed by atoms with van der Waals surface area (Å²) in [6.07, 6.45) is 1.35. The lowest BCUT2D eigenvalue weighted by molar-refractivity contribution is -0.384. The van der Waals surface area contributed by atoms with Crippen LogP contribution in [-0.4, -0.2) is 30.0 Å². The lowest BCUT2D eigenvalue weighted by Crippen LogP contribution is -2.13. The summed E-state index contributed by atoms with van der Waals surface area (Å²) in [5.74, 6) is -0.658. The topological polar surface area (TPSA) is 141 Å². The molecule has 0 aliphatic rings. The zero-order valence-electron chi connectivity index (χ0n) is 21.1. The third kappa shape index (κ3) is 7.80. The van der Waals surface area contributed by atoms with Crippen molar-refractivity contribution in [1.82, 2.24) is 0 Å². The number of nitrogens with one attached hydrogen (secondary N) is 1. The first kappa shape index (κ1) is 28.7. The SMILES string of the molecule is CCOC(=O)c1ccc(NC(=O)/C(C#N)=C/c2cc(Cl)c(OCc3cccc([N+](=O)[O-])c3)c(OCC)c2)cc1. The van der Waals surface area contributed by atoms with Crippen LogP contribution in [0.1, 0.15) is 35.3 Å². The fourth-order valence-electron chi connectivity index (χ4n) is 3.41. The molecule has 39 heavy (non-hydrogen) atoms. The lowest BCUT2D eigenvalue weighted by Gasteiger charge is -2.15. The Hall–Kier alpha value is -4.88. The average Bonchev–Trinajstić information content (AvgIpc) is 2.92. The second kappa shape index (κ2) is 13.6. The van der Waals surface area contributed by atoms with Gasteiger partial charge in [-0.05, 0) is 67.4 Å². The average molecular weight is 550 g/mol. The zero-order valence-corrected chi connectivity index (χ0v) is 21.9. The van der Waals surface area contributed by atoms with Crippen LogP contribution in [0.5, 0.6) is 11.5 Å². The van der Waals surface area contributed by atoms with Crippen molar-refractivity contribution in [1.29, 1.82) is 5.26 Å². The van der Waals surface area contributed by atoms with Crippen molar-refractivity contribution in [3.63, 3.8) is 0 Å². The summed E-state index contributed by atoms with van der Waals surface area (Å²) in [6.45, 7) is 3.99. The van der Waals surface area contributed by atoms with Gasteiger partial charge >= 0.3 is 5.97 Å². The number of hydrogen-bond donors (Lipinski definition) is 1. The van der Waals surface area contributed by atoms with Crippen LogP contribution in [0.15, 0.2) is 66.2 Å². The highest BCUT2D eigenvalue weighted by Gasteiger charge is 2.16. The maximum absolute atomic E-state index is 12.7. The van der Waals surface area contributed by atoms with E-state index in [0.717, 1.165) is 0 Å². The largest absolute Gasteiger partial charge is 0.490 e. The number of ether oxygens (including phenoxy) is 3.